The van der Waals surface area contributed by atoms with Gasteiger partial charge in [0.15, 0.2) is 11.3 Å². The van der Waals surface area contributed by atoms with Gasteiger partial charge in [-0.25, -0.2) is 0 Å². The van der Waals surface area contributed by atoms with Crippen LogP contribution in [0.3, 0.4) is 0 Å². The second kappa shape index (κ2) is 8.32. The Morgan fingerprint density at radius 1 is 1.21 bits per heavy atom. The van der Waals surface area contributed by atoms with Crippen LogP contribution in [0.25, 0.3) is 11.0 Å². The first-order valence-electron chi connectivity index (χ1n) is 10.4. The molecule has 0 amide bonds. The van der Waals surface area contributed by atoms with Crippen LogP contribution in [-0.4, -0.2) is 28.9 Å². The predicted octanol–water partition coefficient (Wildman–Crippen LogP) is 4.32. The maximum absolute atomic E-state index is 12.8. The van der Waals surface area contributed by atoms with E-state index in [1.54, 1.807) is 6.07 Å². The third-order valence-corrected chi connectivity index (χ3v) is 7.23. The van der Waals surface area contributed by atoms with E-state index in [-0.39, 0.29) is 10.2 Å². The second-order valence-electron chi connectivity index (χ2n) is 9.93. The molecule has 6 heteroatoms. The van der Waals surface area contributed by atoms with E-state index in [9.17, 15) is 9.35 Å². The number of nitrogens with one attached hydrogen (secondary N) is 1. The molecule has 2 heterocycles. The van der Waals surface area contributed by atoms with Crippen molar-refractivity contribution in [1.29, 1.82) is 0 Å². The van der Waals surface area contributed by atoms with Crippen molar-refractivity contribution < 1.29 is 8.97 Å². The van der Waals surface area contributed by atoms with E-state index >= 15 is 0 Å². The Balaban J connectivity index is 1.87. The lowest BCUT2D eigenvalue weighted by molar-refractivity contribution is 0.274. The Morgan fingerprint density at radius 2 is 1.86 bits per heavy atom. The molecule has 5 nitrogen and oxygen atoms in total. The SMILES string of the molecule is Cc1cc(CCN[S+]([O-])C(C)(C)C)c2oc(N3CCC(C)(C)CC3)cc(=O)c2c1. The molecule has 0 radical (unpaired) electrons. The lowest BCUT2D eigenvalue weighted by Crippen LogP contribution is -2.40. The summed E-state index contributed by atoms with van der Waals surface area (Å²) in [5, 5.41) is 0.623. The fraction of sp³-hybridized carbons (Fsp3) is 0.609. The van der Waals surface area contributed by atoms with E-state index < -0.39 is 11.4 Å². The van der Waals surface area contributed by atoms with Crippen LogP contribution < -0.4 is 15.1 Å². The van der Waals surface area contributed by atoms with Gasteiger partial charge in [-0.05, 0) is 69.6 Å². The van der Waals surface area contributed by atoms with Gasteiger partial charge in [0.1, 0.15) is 10.3 Å². The van der Waals surface area contributed by atoms with Gasteiger partial charge < -0.3 is 13.9 Å². The molecule has 0 aliphatic carbocycles. The number of fused-ring (bicyclic) bond motifs is 1. The first kappa shape index (κ1) is 22.2. The Hall–Kier alpha value is -1.50. The summed E-state index contributed by atoms with van der Waals surface area (Å²) < 4.78 is 21.3. The molecule has 29 heavy (non-hydrogen) atoms. The summed E-state index contributed by atoms with van der Waals surface area (Å²) >= 11 is -1.12. The van der Waals surface area contributed by atoms with Crippen molar-refractivity contribution in [3.63, 3.8) is 0 Å². The molecule has 1 fully saturated rings. The maximum atomic E-state index is 12.8. The van der Waals surface area contributed by atoms with Gasteiger partial charge in [0.25, 0.3) is 0 Å². The van der Waals surface area contributed by atoms with Crippen molar-refractivity contribution in [3.05, 3.63) is 39.5 Å². The number of hydrogen-bond acceptors (Lipinski definition) is 5. The van der Waals surface area contributed by atoms with E-state index in [1.165, 1.54) is 0 Å². The summed E-state index contributed by atoms with van der Waals surface area (Å²) in [4.78, 5) is 15.0. The Labute approximate surface area is 177 Å². The highest BCUT2D eigenvalue weighted by atomic mass is 32.2. The van der Waals surface area contributed by atoms with Gasteiger partial charge in [0.2, 0.25) is 0 Å². The molecule has 160 valence electrons. The molecule has 1 aliphatic heterocycles. The van der Waals surface area contributed by atoms with Crippen LogP contribution in [0.1, 0.15) is 58.6 Å². The third-order valence-electron chi connectivity index (χ3n) is 5.65. The minimum atomic E-state index is -1.12. The summed E-state index contributed by atoms with van der Waals surface area (Å²) in [6, 6.07) is 5.60. The van der Waals surface area contributed by atoms with Crippen LogP contribution in [0.15, 0.2) is 27.4 Å². The quantitative estimate of drug-likeness (QED) is 0.732. The van der Waals surface area contributed by atoms with E-state index in [2.05, 4.69) is 29.5 Å². The molecule has 1 aliphatic rings. The molecule has 0 bridgehead atoms. The van der Waals surface area contributed by atoms with Crippen molar-refractivity contribution in [3.8, 4) is 0 Å². The first-order chi connectivity index (χ1) is 13.5. The molecule has 2 aromatic rings. The first-order valence-corrected chi connectivity index (χ1v) is 11.6. The van der Waals surface area contributed by atoms with Gasteiger partial charge in [-0.3, -0.25) is 4.79 Å². The van der Waals surface area contributed by atoms with Crippen LogP contribution in [0.4, 0.5) is 5.88 Å². The zero-order valence-corrected chi connectivity index (χ0v) is 19.4. The lowest BCUT2D eigenvalue weighted by atomic mass is 9.83. The third kappa shape index (κ3) is 5.36. The van der Waals surface area contributed by atoms with Gasteiger partial charge in [0, 0.05) is 37.1 Å². The Morgan fingerprint density at radius 3 is 2.48 bits per heavy atom. The van der Waals surface area contributed by atoms with Gasteiger partial charge in [0.05, 0.1) is 5.39 Å². The average Bonchev–Trinajstić information content (AvgIpc) is 2.61. The van der Waals surface area contributed by atoms with Gasteiger partial charge in [-0.2, -0.15) is 0 Å². The second-order valence-corrected chi connectivity index (χ2v) is 12.0. The molecule has 1 saturated heterocycles. The normalized spacial score (nSPS) is 18.2. The zero-order valence-electron chi connectivity index (χ0n) is 18.6. The molecular formula is C23H34N2O3S. The van der Waals surface area contributed by atoms with Crippen LogP contribution in [0.5, 0.6) is 0 Å². The summed E-state index contributed by atoms with van der Waals surface area (Å²) in [7, 11) is 0. The Kier molecular flexibility index (Phi) is 6.37. The number of aryl methyl sites for hydroxylation is 1. The van der Waals surface area contributed by atoms with Crippen LogP contribution in [-0.2, 0) is 17.8 Å². The van der Waals surface area contributed by atoms with E-state index in [4.69, 9.17) is 4.42 Å². The number of benzene rings is 1. The van der Waals surface area contributed by atoms with Crippen LogP contribution >= 0.6 is 0 Å². The molecule has 1 atom stereocenters. The predicted molar refractivity (Wildman–Crippen MR) is 122 cm³/mol. The number of hydrogen-bond donors (Lipinski definition) is 1. The standard InChI is InChI=1S/C23H34N2O3S/c1-16-13-17(7-10-24-29(27)22(2,3)4)21-18(14-16)19(26)15-20(28-21)25-11-8-23(5,6)9-12-25/h13-15,24H,7-12H2,1-6H3. The highest BCUT2D eigenvalue weighted by Crippen LogP contribution is 2.33. The lowest BCUT2D eigenvalue weighted by Gasteiger charge is -2.37. The number of rotatable bonds is 5. The number of piperidine rings is 1. The van der Waals surface area contributed by atoms with Crippen LogP contribution in [0, 0.1) is 12.3 Å². The summed E-state index contributed by atoms with van der Waals surface area (Å²) in [6.07, 6.45) is 2.81. The van der Waals surface area contributed by atoms with Crippen molar-refractivity contribution in [1.82, 2.24) is 4.72 Å². The highest BCUT2D eigenvalue weighted by molar-refractivity contribution is 7.90. The molecule has 0 saturated carbocycles. The van der Waals surface area contributed by atoms with E-state index in [0.29, 0.717) is 35.2 Å². The summed E-state index contributed by atoms with van der Waals surface area (Å²) in [5.74, 6) is 0.661. The fourth-order valence-electron chi connectivity index (χ4n) is 3.64. The largest absolute Gasteiger partial charge is 0.598 e. The monoisotopic (exact) mass is 418 g/mol. The number of nitrogens with zero attached hydrogens (tertiary/aromatic N) is 1. The fourth-order valence-corrected chi connectivity index (χ4v) is 4.37. The average molecular weight is 419 g/mol. The van der Waals surface area contributed by atoms with Gasteiger partial charge >= 0.3 is 0 Å². The van der Waals surface area contributed by atoms with Gasteiger partial charge in [-0.1, -0.05) is 19.9 Å². The molecule has 1 aromatic heterocycles. The van der Waals surface area contributed by atoms with Gasteiger partial charge in [-0.15, -0.1) is 4.72 Å². The molecule has 3 rings (SSSR count). The van der Waals surface area contributed by atoms with Crippen LogP contribution in [0.2, 0.25) is 0 Å². The highest BCUT2D eigenvalue weighted by Gasteiger charge is 2.28. The molecule has 0 spiro atoms. The van der Waals surface area contributed by atoms with E-state index in [1.807, 2.05) is 33.8 Å². The molecule has 1 N–H and O–H groups in total. The number of anilines is 1. The minimum absolute atomic E-state index is 0.00209. The summed E-state index contributed by atoms with van der Waals surface area (Å²) in [5.41, 5.74) is 3.01. The maximum Gasteiger partial charge on any atom is 0.199 e. The minimum Gasteiger partial charge on any atom is -0.598 e. The van der Waals surface area contributed by atoms with Crippen molar-refractivity contribution >= 4 is 28.2 Å². The smallest absolute Gasteiger partial charge is 0.199 e. The molecule has 1 aromatic carbocycles. The molecule has 1 unspecified atom stereocenters. The Bertz CT molecular complexity index is 920. The topological polar surface area (TPSA) is 68.5 Å². The zero-order chi connectivity index (χ0) is 21.4. The van der Waals surface area contributed by atoms with Crippen molar-refractivity contribution in [2.75, 3.05) is 24.5 Å². The summed E-state index contributed by atoms with van der Waals surface area (Å²) in [6.45, 7) is 14.8. The molecular weight excluding hydrogens is 384 g/mol. The van der Waals surface area contributed by atoms with Crippen molar-refractivity contribution in [2.24, 2.45) is 5.41 Å². The van der Waals surface area contributed by atoms with E-state index in [0.717, 1.165) is 37.1 Å². The van der Waals surface area contributed by atoms with Crippen molar-refractivity contribution in [2.45, 2.75) is 65.6 Å².